The molecule has 2 fully saturated rings. The summed E-state index contributed by atoms with van der Waals surface area (Å²) in [6.07, 6.45) is 0. The molecule has 3 heterocycles. The smallest absolute Gasteiger partial charge is 0.335 e. The summed E-state index contributed by atoms with van der Waals surface area (Å²) in [7, 11) is 0. The second-order valence-corrected chi connectivity index (χ2v) is 7.08. The number of carboxylic acids is 1. The van der Waals surface area contributed by atoms with Crippen LogP contribution in [-0.2, 0) is 0 Å². The van der Waals surface area contributed by atoms with Crippen LogP contribution in [0.15, 0.2) is 18.2 Å². The lowest BCUT2D eigenvalue weighted by Gasteiger charge is -2.25. The topological polar surface area (TPSA) is 72.5 Å². The minimum Gasteiger partial charge on any atom is -0.478 e. The number of aromatic amines is 1. The van der Waals surface area contributed by atoms with E-state index in [1.165, 1.54) is 23.9 Å². The number of carbonyl (C=O) groups is 1. The maximum Gasteiger partial charge on any atom is 0.335 e. The summed E-state index contributed by atoms with van der Waals surface area (Å²) in [4.78, 5) is 15.5. The van der Waals surface area contributed by atoms with Gasteiger partial charge in [0.25, 0.3) is 0 Å². The van der Waals surface area contributed by atoms with Crippen LogP contribution in [0.1, 0.15) is 21.7 Å². The van der Waals surface area contributed by atoms with Gasteiger partial charge in [0.2, 0.25) is 0 Å². The number of aryl methyl sites for hydroxylation is 2. The molecule has 7 heteroatoms. The Morgan fingerprint density at radius 2 is 1.84 bits per heavy atom. The second-order valence-electron chi connectivity index (χ2n) is 7.08. The molecule has 2 aromatic rings. The van der Waals surface area contributed by atoms with Gasteiger partial charge >= 0.3 is 5.97 Å². The SMILES string of the molecule is Cc1n[nH]c(C)c1N1C[C@H]2CN(c3cc(C(=O)O)ccc3F)C[C@H]2C1. The van der Waals surface area contributed by atoms with E-state index in [0.29, 0.717) is 17.5 Å². The zero-order valence-corrected chi connectivity index (χ0v) is 14.3. The highest BCUT2D eigenvalue weighted by Crippen LogP contribution is 2.38. The van der Waals surface area contributed by atoms with E-state index in [9.17, 15) is 9.18 Å². The van der Waals surface area contributed by atoms with Crippen molar-refractivity contribution in [2.24, 2.45) is 11.8 Å². The van der Waals surface area contributed by atoms with Gasteiger partial charge < -0.3 is 14.9 Å². The third-order valence-electron chi connectivity index (χ3n) is 5.43. The van der Waals surface area contributed by atoms with Crippen molar-refractivity contribution < 1.29 is 14.3 Å². The first-order valence-corrected chi connectivity index (χ1v) is 8.48. The van der Waals surface area contributed by atoms with Crippen LogP contribution < -0.4 is 9.80 Å². The molecule has 25 heavy (non-hydrogen) atoms. The molecule has 2 saturated heterocycles. The number of nitrogens with one attached hydrogen (secondary N) is 1. The Bertz CT molecular complexity index is 801. The third kappa shape index (κ3) is 2.63. The molecule has 2 N–H and O–H groups in total. The van der Waals surface area contributed by atoms with E-state index in [2.05, 4.69) is 15.1 Å². The van der Waals surface area contributed by atoms with Gasteiger partial charge in [-0.15, -0.1) is 0 Å². The number of H-pyrrole nitrogens is 1. The molecule has 6 nitrogen and oxygen atoms in total. The van der Waals surface area contributed by atoms with Crippen molar-refractivity contribution in [2.45, 2.75) is 13.8 Å². The van der Waals surface area contributed by atoms with E-state index in [4.69, 9.17) is 5.11 Å². The summed E-state index contributed by atoms with van der Waals surface area (Å²) in [5.74, 6) is -0.496. The summed E-state index contributed by atoms with van der Waals surface area (Å²) in [6, 6.07) is 4.00. The van der Waals surface area contributed by atoms with Crippen molar-refractivity contribution >= 4 is 17.3 Å². The second kappa shape index (κ2) is 5.75. The van der Waals surface area contributed by atoms with Crippen LogP contribution in [0.5, 0.6) is 0 Å². The molecule has 2 aliphatic heterocycles. The van der Waals surface area contributed by atoms with Crippen LogP contribution in [0, 0.1) is 31.5 Å². The van der Waals surface area contributed by atoms with E-state index in [-0.39, 0.29) is 11.4 Å². The number of hydrogen-bond donors (Lipinski definition) is 2. The van der Waals surface area contributed by atoms with Gasteiger partial charge in [0, 0.05) is 38.0 Å². The lowest BCUT2D eigenvalue weighted by Crippen LogP contribution is -2.29. The lowest BCUT2D eigenvalue weighted by molar-refractivity contribution is 0.0697. The predicted octanol–water partition coefficient (Wildman–Crippen LogP) is 2.44. The fourth-order valence-electron chi connectivity index (χ4n) is 4.27. The van der Waals surface area contributed by atoms with Gasteiger partial charge in [-0.1, -0.05) is 0 Å². The van der Waals surface area contributed by atoms with E-state index >= 15 is 0 Å². The molecule has 0 unspecified atom stereocenters. The first kappa shape index (κ1) is 15.9. The Labute approximate surface area is 145 Å². The number of rotatable bonds is 3. The molecule has 0 bridgehead atoms. The number of aromatic nitrogens is 2. The Morgan fingerprint density at radius 1 is 1.20 bits per heavy atom. The molecule has 0 spiro atoms. The number of carboxylic acid groups (broad SMARTS) is 1. The Kier molecular flexibility index (Phi) is 3.67. The highest BCUT2D eigenvalue weighted by Gasteiger charge is 2.41. The monoisotopic (exact) mass is 344 g/mol. The summed E-state index contributed by atoms with van der Waals surface area (Å²) >= 11 is 0. The van der Waals surface area contributed by atoms with Gasteiger partial charge in [-0.3, -0.25) is 5.10 Å². The molecule has 0 aliphatic carbocycles. The van der Waals surface area contributed by atoms with Crippen LogP contribution in [0.4, 0.5) is 15.8 Å². The van der Waals surface area contributed by atoms with Crippen LogP contribution >= 0.6 is 0 Å². The minimum absolute atomic E-state index is 0.125. The van der Waals surface area contributed by atoms with Gasteiger partial charge in [0.05, 0.1) is 28.3 Å². The summed E-state index contributed by atoms with van der Waals surface area (Å²) in [5.41, 5.74) is 3.79. The summed E-state index contributed by atoms with van der Waals surface area (Å²) in [6.45, 7) is 7.37. The maximum absolute atomic E-state index is 14.2. The van der Waals surface area contributed by atoms with E-state index in [1.54, 1.807) is 0 Å². The number of anilines is 2. The van der Waals surface area contributed by atoms with Crippen LogP contribution in [-0.4, -0.2) is 47.5 Å². The number of benzene rings is 1. The van der Waals surface area contributed by atoms with Crippen molar-refractivity contribution in [3.05, 3.63) is 41.0 Å². The van der Waals surface area contributed by atoms with Gasteiger partial charge in [-0.2, -0.15) is 5.10 Å². The molecule has 0 amide bonds. The zero-order valence-electron chi connectivity index (χ0n) is 14.3. The van der Waals surface area contributed by atoms with Gasteiger partial charge in [-0.25, -0.2) is 9.18 Å². The van der Waals surface area contributed by atoms with Gasteiger partial charge in [-0.05, 0) is 32.0 Å². The highest BCUT2D eigenvalue weighted by atomic mass is 19.1. The first-order valence-electron chi connectivity index (χ1n) is 8.48. The summed E-state index contributed by atoms with van der Waals surface area (Å²) < 4.78 is 14.2. The quantitative estimate of drug-likeness (QED) is 0.895. The van der Waals surface area contributed by atoms with Crippen LogP contribution in [0.2, 0.25) is 0 Å². The Morgan fingerprint density at radius 3 is 2.40 bits per heavy atom. The molecule has 1 aromatic carbocycles. The molecule has 1 aromatic heterocycles. The molecule has 4 rings (SSSR count). The minimum atomic E-state index is -1.03. The standard InChI is InChI=1S/C18H21FN4O2/c1-10-17(11(2)21-20-10)23-8-13-6-22(7-14(13)9-23)16-5-12(18(24)25)3-4-15(16)19/h3-5,13-14H,6-9H2,1-2H3,(H,20,21)(H,24,25)/t13-,14+. The van der Waals surface area contributed by atoms with E-state index in [1.807, 2.05) is 18.7 Å². The van der Waals surface area contributed by atoms with Crippen molar-refractivity contribution in [3.8, 4) is 0 Å². The van der Waals surface area contributed by atoms with Crippen LogP contribution in [0.25, 0.3) is 0 Å². The van der Waals surface area contributed by atoms with Crippen LogP contribution in [0.3, 0.4) is 0 Å². The molecule has 0 saturated carbocycles. The highest BCUT2D eigenvalue weighted by molar-refractivity contribution is 5.89. The first-order chi connectivity index (χ1) is 11.9. The molecular formula is C18H21FN4O2. The average Bonchev–Trinajstić information content (AvgIpc) is 3.20. The lowest BCUT2D eigenvalue weighted by atomic mass is 10.0. The number of fused-ring (bicyclic) bond motifs is 1. The Balaban J connectivity index is 1.52. The molecule has 2 aliphatic rings. The molecule has 0 radical (unpaired) electrons. The van der Waals surface area contributed by atoms with Gasteiger partial charge in [0.1, 0.15) is 5.82 Å². The van der Waals surface area contributed by atoms with E-state index in [0.717, 1.165) is 37.6 Å². The van der Waals surface area contributed by atoms with Crippen molar-refractivity contribution in [2.75, 3.05) is 36.0 Å². The average molecular weight is 344 g/mol. The predicted molar refractivity (Wildman–Crippen MR) is 92.8 cm³/mol. The fraction of sp³-hybridized carbons (Fsp3) is 0.444. The number of aromatic carboxylic acids is 1. The largest absolute Gasteiger partial charge is 0.478 e. The zero-order chi connectivity index (χ0) is 17.7. The van der Waals surface area contributed by atoms with Crippen molar-refractivity contribution in [1.82, 2.24) is 10.2 Å². The molecule has 132 valence electrons. The molecular weight excluding hydrogens is 323 g/mol. The van der Waals surface area contributed by atoms with E-state index < -0.39 is 5.97 Å². The molecule has 2 atom stereocenters. The number of halogens is 1. The number of nitrogens with zero attached hydrogens (tertiary/aromatic N) is 3. The third-order valence-corrected chi connectivity index (χ3v) is 5.43. The van der Waals surface area contributed by atoms with Crippen molar-refractivity contribution in [3.63, 3.8) is 0 Å². The Hall–Kier alpha value is -2.57. The number of hydrogen-bond acceptors (Lipinski definition) is 4. The summed E-state index contributed by atoms with van der Waals surface area (Å²) in [5, 5.41) is 16.4. The fourth-order valence-corrected chi connectivity index (χ4v) is 4.27. The van der Waals surface area contributed by atoms with Crippen molar-refractivity contribution in [1.29, 1.82) is 0 Å². The normalized spacial score (nSPS) is 22.5. The van der Waals surface area contributed by atoms with Gasteiger partial charge in [0.15, 0.2) is 0 Å². The maximum atomic E-state index is 14.2.